The van der Waals surface area contributed by atoms with Crippen LogP contribution in [0.25, 0.3) is 0 Å². The van der Waals surface area contributed by atoms with E-state index in [0.29, 0.717) is 22.8 Å². The Kier molecular flexibility index (Phi) is 7.62. The number of ether oxygens (including phenoxy) is 4. The molecule has 0 fully saturated rings. The van der Waals surface area contributed by atoms with E-state index in [0.717, 1.165) is 5.56 Å². The van der Waals surface area contributed by atoms with Crippen LogP contribution in [0.4, 0.5) is 4.39 Å². The first-order valence-electron chi connectivity index (χ1n) is 8.42. The molecule has 0 heterocycles. The van der Waals surface area contributed by atoms with E-state index in [-0.39, 0.29) is 18.8 Å². The SMILES string of the molecule is COc1cc(CC(=O)OCC(=O)NCc2ccc(F)cc2)cc(OC)c1OC. The van der Waals surface area contributed by atoms with Crippen LogP contribution in [0.15, 0.2) is 36.4 Å². The van der Waals surface area contributed by atoms with Gasteiger partial charge < -0.3 is 24.3 Å². The summed E-state index contributed by atoms with van der Waals surface area (Å²) in [5.41, 5.74) is 1.32. The van der Waals surface area contributed by atoms with Crippen molar-refractivity contribution in [3.8, 4) is 17.2 Å². The summed E-state index contributed by atoms with van der Waals surface area (Å²) in [5, 5.41) is 2.59. The third kappa shape index (κ3) is 5.87. The summed E-state index contributed by atoms with van der Waals surface area (Å²) >= 11 is 0. The first-order chi connectivity index (χ1) is 13.5. The van der Waals surface area contributed by atoms with Gasteiger partial charge in [0.1, 0.15) is 5.82 Å². The molecule has 0 radical (unpaired) electrons. The maximum Gasteiger partial charge on any atom is 0.310 e. The van der Waals surface area contributed by atoms with Crippen molar-refractivity contribution in [2.24, 2.45) is 0 Å². The predicted molar refractivity (Wildman–Crippen MR) is 99.0 cm³/mol. The number of amides is 1. The molecular weight excluding hydrogens is 369 g/mol. The fraction of sp³-hybridized carbons (Fsp3) is 0.300. The minimum Gasteiger partial charge on any atom is -0.493 e. The fourth-order valence-electron chi connectivity index (χ4n) is 2.46. The molecule has 0 aliphatic carbocycles. The third-order valence-electron chi connectivity index (χ3n) is 3.84. The molecule has 0 aromatic heterocycles. The molecule has 0 saturated heterocycles. The first-order valence-corrected chi connectivity index (χ1v) is 8.42. The van der Waals surface area contributed by atoms with Gasteiger partial charge in [0.15, 0.2) is 18.1 Å². The molecule has 0 atom stereocenters. The molecule has 0 aliphatic heterocycles. The molecule has 0 bridgehead atoms. The predicted octanol–water partition coefficient (Wildman–Crippen LogP) is 2.25. The first kappa shape index (κ1) is 21.0. The number of halogens is 1. The smallest absolute Gasteiger partial charge is 0.310 e. The highest BCUT2D eigenvalue weighted by molar-refractivity contribution is 5.81. The normalized spacial score (nSPS) is 10.1. The van der Waals surface area contributed by atoms with Gasteiger partial charge in [-0.2, -0.15) is 0 Å². The van der Waals surface area contributed by atoms with Crippen LogP contribution in [0.3, 0.4) is 0 Å². The lowest BCUT2D eigenvalue weighted by Crippen LogP contribution is -2.28. The van der Waals surface area contributed by atoms with Crippen molar-refractivity contribution in [2.45, 2.75) is 13.0 Å². The number of esters is 1. The summed E-state index contributed by atoms with van der Waals surface area (Å²) in [6.07, 6.45) is -0.0675. The molecule has 1 amide bonds. The highest BCUT2D eigenvalue weighted by Crippen LogP contribution is 2.38. The van der Waals surface area contributed by atoms with Gasteiger partial charge in [-0.1, -0.05) is 12.1 Å². The minimum atomic E-state index is -0.578. The zero-order chi connectivity index (χ0) is 20.5. The zero-order valence-corrected chi connectivity index (χ0v) is 15.9. The van der Waals surface area contributed by atoms with E-state index in [4.69, 9.17) is 18.9 Å². The van der Waals surface area contributed by atoms with Crippen LogP contribution in [0.2, 0.25) is 0 Å². The highest BCUT2D eigenvalue weighted by Gasteiger charge is 2.16. The number of benzene rings is 2. The van der Waals surface area contributed by atoms with Gasteiger partial charge in [-0.15, -0.1) is 0 Å². The van der Waals surface area contributed by atoms with Gasteiger partial charge in [-0.25, -0.2) is 4.39 Å². The molecule has 0 saturated carbocycles. The molecule has 8 heteroatoms. The Bertz CT molecular complexity index is 797. The van der Waals surface area contributed by atoms with Gasteiger partial charge >= 0.3 is 5.97 Å². The number of hydrogen-bond donors (Lipinski definition) is 1. The Balaban J connectivity index is 1.86. The second-order valence-electron chi connectivity index (χ2n) is 5.77. The van der Waals surface area contributed by atoms with Gasteiger partial charge in [-0.3, -0.25) is 9.59 Å². The van der Waals surface area contributed by atoms with E-state index in [1.807, 2.05) is 0 Å². The van der Waals surface area contributed by atoms with Crippen molar-refractivity contribution in [3.63, 3.8) is 0 Å². The number of hydrogen-bond acceptors (Lipinski definition) is 6. The van der Waals surface area contributed by atoms with Gasteiger partial charge in [0, 0.05) is 6.54 Å². The standard InChI is InChI=1S/C20H22FNO6/c1-25-16-8-14(9-17(26-2)20(16)27-3)10-19(24)28-12-18(23)22-11-13-4-6-15(21)7-5-13/h4-9H,10-12H2,1-3H3,(H,22,23). The van der Waals surface area contributed by atoms with Crippen molar-refractivity contribution >= 4 is 11.9 Å². The molecule has 0 aliphatic rings. The molecule has 150 valence electrons. The van der Waals surface area contributed by atoms with E-state index in [9.17, 15) is 14.0 Å². The summed E-state index contributed by atoms with van der Waals surface area (Å²) in [7, 11) is 4.44. The lowest BCUT2D eigenvalue weighted by molar-refractivity contribution is -0.147. The molecule has 7 nitrogen and oxygen atoms in total. The van der Waals surface area contributed by atoms with Gasteiger partial charge in [0.25, 0.3) is 5.91 Å². The van der Waals surface area contributed by atoms with Crippen molar-refractivity contribution in [1.29, 1.82) is 0 Å². The van der Waals surface area contributed by atoms with E-state index < -0.39 is 18.5 Å². The number of carbonyl (C=O) groups is 2. The molecule has 0 unspecified atom stereocenters. The fourth-order valence-corrected chi connectivity index (χ4v) is 2.46. The number of methoxy groups -OCH3 is 3. The van der Waals surface area contributed by atoms with E-state index in [1.54, 1.807) is 24.3 Å². The lowest BCUT2D eigenvalue weighted by atomic mass is 10.1. The molecule has 28 heavy (non-hydrogen) atoms. The summed E-state index contributed by atoms with van der Waals surface area (Å²) in [6, 6.07) is 9.00. The average Bonchev–Trinajstić information content (AvgIpc) is 2.71. The summed E-state index contributed by atoms with van der Waals surface area (Å²) in [5.74, 6) is -0.129. The Morgan fingerprint density at radius 3 is 2.07 bits per heavy atom. The van der Waals surface area contributed by atoms with Crippen molar-refractivity contribution in [1.82, 2.24) is 5.32 Å². The van der Waals surface area contributed by atoms with Crippen molar-refractivity contribution in [2.75, 3.05) is 27.9 Å². The Labute approximate surface area is 162 Å². The van der Waals surface area contributed by atoms with Crippen LogP contribution in [0.5, 0.6) is 17.2 Å². The maximum atomic E-state index is 12.8. The topological polar surface area (TPSA) is 83.1 Å². The Morgan fingerprint density at radius 1 is 0.929 bits per heavy atom. The minimum absolute atomic E-state index is 0.0675. The molecule has 2 aromatic carbocycles. The van der Waals surface area contributed by atoms with Gasteiger partial charge in [0.2, 0.25) is 5.75 Å². The summed E-state index contributed by atoms with van der Waals surface area (Å²) in [6.45, 7) is -0.200. The second-order valence-corrected chi connectivity index (χ2v) is 5.77. The number of carbonyl (C=O) groups excluding carboxylic acids is 2. The molecular formula is C20H22FNO6. The van der Waals surface area contributed by atoms with Crippen LogP contribution < -0.4 is 19.5 Å². The number of rotatable bonds is 9. The molecule has 2 rings (SSSR count). The van der Waals surface area contributed by atoms with E-state index >= 15 is 0 Å². The number of nitrogens with one attached hydrogen (secondary N) is 1. The summed E-state index contributed by atoms with van der Waals surface area (Å²) < 4.78 is 33.5. The quantitative estimate of drug-likeness (QED) is 0.661. The van der Waals surface area contributed by atoms with E-state index in [1.165, 1.54) is 33.5 Å². The summed E-state index contributed by atoms with van der Waals surface area (Å²) in [4.78, 5) is 23.8. The lowest BCUT2D eigenvalue weighted by Gasteiger charge is -2.14. The van der Waals surface area contributed by atoms with Crippen LogP contribution >= 0.6 is 0 Å². The molecule has 1 N–H and O–H groups in total. The highest BCUT2D eigenvalue weighted by atomic mass is 19.1. The van der Waals surface area contributed by atoms with Crippen LogP contribution in [0, 0.1) is 5.82 Å². The van der Waals surface area contributed by atoms with Crippen molar-refractivity contribution in [3.05, 3.63) is 53.3 Å². The van der Waals surface area contributed by atoms with Crippen LogP contribution in [0.1, 0.15) is 11.1 Å². The Hall–Kier alpha value is -3.29. The monoisotopic (exact) mass is 391 g/mol. The van der Waals surface area contributed by atoms with Crippen LogP contribution in [-0.2, 0) is 27.3 Å². The maximum absolute atomic E-state index is 12.8. The third-order valence-corrected chi connectivity index (χ3v) is 3.84. The van der Waals surface area contributed by atoms with Gasteiger partial charge in [0.05, 0.1) is 27.8 Å². The zero-order valence-electron chi connectivity index (χ0n) is 15.9. The van der Waals surface area contributed by atoms with Crippen LogP contribution in [-0.4, -0.2) is 39.8 Å². The van der Waals surface area contributed by atoms with Crippen molar-refractivity contribution < 1.29 is 32.9 Å². The molecule has 2 aromatic rings. The van der Waals surface area contributed by atoms with Gasteiger partial charge in [-0.05, 0) is 35.4 Å². The molecule has 0 spiro atoms. The van der Waals surface area contributed by atoms with E-state index in [2.05, 4.69) is 5.32 Å². The second kappa shape index (κ2) is 10.1. The average molecular weight is 391 g/mol. The Morgan fingerprint density at radius 2 is 1.54 bits per heavy atom. The largest absolute Gasteiger partial charge is 0.493 e.